The lowest BCUT2D eigenvalue weighted by atomic mass is 9.74. The number of methoxy groups -OCH3 is 1. The van der Waals surface area contributed by atoms with Crippen LogP contribution in [-0.2, 0) is 20.2 Å². The first-order valence-corrected chi connectivity index (χ1v) is 10.2. The molecule has 2 aromatic rings. The van der Waals surface area contributed by atoms with E-state index in [1.807, 2.05) is 37.3 Å². The highest BCUT2D eigenvalue weighted by Crippen LogP contribution is 2.39. The van der Waals surface area contributed by atoms with Gasteiger partial charge in [0.05, 0.1) is 12.0 Å². The number of hydrogen-bond donors (Lipinski definition) is 1. The molecule has 0 saturated carbocycles. The molecular formula is C20H25NO4S. The quantitative estimate of drug-likeness (QED) is 0.843. The average Bonchev–Trinajstić information content (AvgIpc) is 2.67. The molecule has 5 nitrogen and oxygen atoms in total. The second-order valence-electron chi connectivity index (χ2n) is 6.73. The molecule has 0 spiro atoms. The Morgan fingerprint density at radius 1 is 1.12 bits per heavy atom. The van der Waals surface area contributed by atoms with Crippen molar-refractivity contribution in [1.82, 2.24) is 4.72 Å². The van der Waals surface area contributed by atoms with Gasteiger partial charge in [-0.05, 0) is 43.5 Å². The van der Waals surface area contributed by atoms with Gasteiger partial charge in [-0.1, -0.05) is 30.3 Å². The second kappa shape index (κ2) is 7.78. The fourth-order valence-corrected chi connectivity index (χ4v) is 4.72. The maximum atomic E-state index is 12.8. The minimum absolute atomic E-state index is 0.291. The van der Waals surface area contributed by atoms with Crippen molar-refractivity contribution in [2.75, 3.05) is 26.9 Å². The highest BCUT2D eigenvalue weighted by Gasteiger charge is 2.37. The van der Waals surface area contributed by atoms with Gasteiger partial charge in [-0.15, -0.1) is 0 Å². The average molecular weight is 375 g/mol. The van der Waals surface area contributed by atoms with Gasteiger partial charge in [-0.3, -0.25) is 0 Å². The zero-order valence-electron chi connectivity index (χ0n) is 15.2. The third-order valence-corrected chi connectivity index (χ3v) is 6.43. The Bertz CT molecular complexity index is 858. The largest absolute Gasteiger partial charge is 0.496 e. The monoisotopic (exact) mass is 375 g/mol. The molecule has 1 fully saturated rings. The molecule has 1 saturated heterocycles. The van der Waals surface area contributed by atoms with Gasteiger partial charge in [-0.2, -0.15) is 0 Å². The summed E-state index contributed by atoms with van der Waals surface area (Å²) in [6.07, 6.45) is 1.48. The van der Waals surface area contributed by atoms with Gasteiger partial charge in [0, 0.05) is 30.7 Å². The molecule has 1 N–H and O–H groups in total. The van der Waals surface area contributed by atoms with Crippen LogP contribution in [0.4, 0.5) is 0 Å². The molecular weight excluding hydrogens is 350 g/mol. The first kappa shape index (κ1) is 18.9. The molecule has 0 radical (unpaired) electrons. The van der Waals surface area contributed by atoms with Crippen LogP contribution in [-0.4, -0.2) is 35.3 Å². The summed E-state index contributed by atoms with van der Waals surface area (Å²) in [7, 11) is -1.94. The summed E-state index contributed by atoms with van der Waals surface area (Å²) >= 11 is 0. The summed E-state index contributed by atoms with van der Waals surface area (Å²) in [6, 6.07) is 14.8. The fraction of sp³-hybridized carbons (Fsp3) is 0.400. The van der Waals surface area contributed by atoms with Gasteiger partial charge in [-0.25, -0.2) is 13.1 Å². The molecule has 6 heteroatoms. The molecule has 0 aromatic heterocycles. The first-order valence-electron chi connectivity index (χ1n) is 8.74. The molecule has 0 atom stereocenters. The predicted molar refractivity (Wildman–Crippen MR) is 101 cm³/mol. The van der Waals surface area contributed by atoms with Crippen LogP contribution in [0, 0.1) is 6.92 Å². The Hall–Kier alpha value is -1.89. The smallest absolute Gasteiger partial charge is 0.240 e. The molecule has 0 bridgehead atoms. The second-order valence-corrected chi connectivity index (χ2v) is 8.50. The molecule has 1 heterocycles. The van der Waals surface area contributed by atoms with Crippen LogP contribution in [0.3, 0.4) is 0 Å². The molecule has 3 rings (SSSR count). The van der Waals surface area contributed by atoms with Gasteiger partial charge >= 0.3 is 0 Å². The lowest BCUT2D eigenvalue weighted by Crippen LogP contribution is -2.44. The summed E-state index contributed by atoms with van der Waals surface area (Å²) < 4.78 is 39.5. The molecule has 1 aliphatic rings. The van der Waals surface area contributed by atoms with Crippen LogP contribution >= 0.6 is 0 Å². The van der Waals surface area contributed by atoms with Gasteiger partial charge in [0.25, 0.3) is 0 Å². The topological polar surface area (TPSA) is 64.6 Å². The number of sulfonamides is 1. The Kier molecular flexibility index (Phi) is 5.65. The summed E-state index contributed by atoms with van der Waals surface area (Å²) in [5.74, 6) is 0.782. The van der Waals surface area contributed by atoms with Crippen molar-refractivity contribution in [3.63, 3.8) is 0 Å². The maximum Gasteiger partial charge on any atom is 0.240 e. The number of hydrogen-bond acceptors (Lipinski definition) is 4. The van der Waals surface area contributed by atoms with Gasteiger partial charge in [0.15, 0.2) is 0 Å². The zero-order valence-corrected chi connectivity index (χ0v) is 16.0. The van der Waals surface area contributed by atoms with Crippen molar-refractivity contribution in [3.05, 3.63) is 59.7 Å². The normalized spacial score (nSPS) is 17.0. The van der Waals surface area contributed by atoms with E-state index < -0.39 is 10.0 Å². The van der Waals surface area contributed by atoms with Gasteiger partial charge in [0.2, 0.25) is 10.0 Å². The van der Waals surface area contributed by atoms with Crippen molar-refractivity contribution < 1.29 is 17.9 Å². The SMILES string of the molecule is COc1ccccc1C1(CNS(=O)(=O)c2cccc(C)c2)CCOCC1. The van der Waals surface area contributed by atoms with Gasteiger partial charge in [0.1, 0.15) is 5.75 Å². The Morgan fingerprint density at radius 3 is 2.54 bits per heavy atom. The molecule has 0 aliphatic carbocycles. The number of rotatable bonds is 6. The summed E-state index contributed by atoms with van der Waals surface area (Å²) in [5, 5.41) is 0. The third-order valence-electron chi connectivity index (χ3n) is 5.03. The summed E-state index contributed by atoms with van der Waals surface area (Å²) in [5.41, 5.74) is 1.60. The number of para-hydroxylation sites is 1. The van der Waals surface area contributed by atoms with E-state index >= 15 is 0 Å². The van der Waals surface area contributed by atoms with Crippen molar-refractivity contribution in [2.45, 2.75) is 30.1 Å². The summed E-state index contributed by atoms with van der Waals surface area (Å²) in [6.45, 7) is 3.40. The van der Waals surface area contributed by atoms with E-state index in [4.69, 9.17) is 9.47 Å². The van der Waals surface area contributed by atoms with Crippen molar-refractivity contribution in [2.24, 2.45) is 0 Å². The number of ether oxygens (including phenoxy) is 2. The van der Waals surface area contributed by atoms with Crippen LogP contribution in [0.25, 0.3) is 0 Å². The van der Waals surface area contributed by atoms with E-state index in [0.29, 0.717) is 24.7 Å². The highest BCUT2D eigenvalue weighted by molar-refractivity contribution is 7.89. The Labute approximate surface area is 155 Å². The molecule has 1 aliphatic heterocycles. The highest BCUT2D eigenvalue weighted by atomic mass is 32.2. The molecule has 2 aromatic carbocycles. The van der Waals surface area contributed by atoms with Crippen molar-refractivity contribution in [3.8, 4) is 5.75 Å². The minimum atomic E-state index is -3.58. The number of benzene rings is 2. The predicted octanol–water partition coefficient (Wildman–Crippen LogP) is 3.03. The zero-order chi connectivity index (χ0) is 18.6. The molecule has 26 heavy (non-hydrogen) atoms. The van der Waals surface area contributed by atoms with Crippen LogP contribution in [0.15, 0.2) is 53.4 Å². The van der Waals surface area contributed by atoms with E-state index in [2.05, 4.69) is 4.72 Å². The standard InChI is InChI=1S/C20H25NO4S/c1-16-6-5-7-17(14-16)26(22,23)21-15-20(10-12-25-13-11-20)18-8-3-4-9-19(18)24-2/h3-9,14,21H,10-13,15H2,1-2H3. The molecule has 0 amide bonds. The fourth-order valence-electron chi connectivity index (χ4n) is 3.49. The number of nitrogens with one attached hydrogen (secondary N) is 1. The van der Waals surface area contributed by atoms with Gasteiger partial charge < -0.3 is 9.47 Å². The van der Waals surface area contributed by atoms with E-state index in [1.165, 1.54) is 0 Å². The first-order chi connectivity index (χ1) is 12.5. The van der Waals surface area contributed by atoms with Crippen LogP contribution in [0.1, 0.15) is 24.0 Å². The molecule has 0 unspecified atom stereocenters. The van der Waals surface area contributed by atoms with Crippen LogP contribution in [0.2, 0.25) is 0 Å². The Morgan fingerprint density at radius 2 is 1.85 bits per heavy atom. The maximum absolute atomic E-state index is 12.8. The third kappa shape index (κ3) is 3.92. The van der Waals surface area contributed by atoms with E-state index in [1.54, 1.807) is 25.3 Å². The van der Waals surface area contributed by atoms with Crippen molar-refractivity contribution >= 4 is 10.0 Å². The van der Waals surface area contributed by atoms with E-state index in [9.17, 15) is 8.42 Å². The van der Waals surface area contributed by atoms with Crippen molar-refractivity contribution in [1.29, 1.82) is 0 Å². The van der Waals surface area contributed by atoms with Crippen LogP contribution in [0.5, 0.6) is 5.75 Å². The lowest BCUT2D eigenvalue weighted by molar-refractivity contribution is 0.0509. The number of aryl methyl sites for hydroxylation is 1. The lowest BCUT2D eigenvalue weighted by Gasteiger charge is -2.38. The molecule has 140 valence electrons. The van der Waals surface area contributed by atoms with Crippen LogP contribution < -0.4 is 9.46 Å². The minimum Gasteiger partial charge on any atom is -0.496 e. The Balaban J connectivity index is 1.90. The van der Waals surface area contributed by atoms with E-state index in [0.717, 1.165) is 29.7 Å². The van der Waals surface area contributed by atoms with E-state index in [-0.39, 0.29) is 5.41 Å². The summed E-state index contributed by atoms with van der Waals surface area (Å²) in [4.78, 5) is 0.291.